The number of rotatable bonds is 5. The van der Waals surface area contributed by atoms with Crippen molar-refractivity contribution in [1.29, 1.82) is 0 Å². The molecule has 11 nitrogen and oxygen atoms in total. The maximum Gasteiger partial charge on any atom is 0.362 e. The molecule has 2 aromatic carbocycles. The maximum atomic E-state index is 13.0. The van der Waals surface area contributed by atoms with Gasteiger partial charge in [-0.15, -0.1) is 0 Å². The number of aromatic nitrogens is 4. The molecule has 2 N–H and O–H groups in total. The SMILES string of the molecule is O=C(O)c1nn(-c2cc(Cl)c(Oc3ccc4c(c3)CCN(c3ccncc3)C4=O)c(Cl)c2)c(=O)[nH]c1=O. The molecule has 0 aliphatic carbocycles. The lowest BCUT2D eigenvalue weighted by atomic mass is 9.98. The summed E-state index contributed by atoms with van der Waals surface area (Å²) < 4.78 is 6.56. The summed E-state index contributed by atoms with van der Waals surface area (Å²) in [6.07, 6.45) is 3.85. The Hall–Kier alpha value is -4.48. The van der Waals surface area contributed by atoms with Crippen LogP contribution in [0, 0.1) is 0 Å². The van der Waals surface area contributed by atoms with Crippen molar-refractivity contribution in [3.05, 3.63) is 103 Å². The molecule has 37 heavy (non-hydrogen) atoms. The fraction of sp³-hybridized carbons (Fsp3) is 0.0833. The summed E-state index contributed by atoms with van der Waals surface area (Å²) in [6.45, 7) is 0.481. The van der Waals surface area contributed by atoms with Gasteiger partial charge in [0.25, 0.3) is 11.5 Å². The van der Waals surface area contributed by atoms with Gasteiger partial charge in [0.1, 0.15) is 5.75 Å². The Balaban J connectivity index is 1.43. The van der Waals surface area contributed by atoms with Crippen LogP contribution in [0.5, 0.6) is 11.5 Å². The smallest absolute Gasteiger partial charge is 0.362 e. The van der Waals surface area contributed by atoms with E-state index in [1.807, 2.05) is 4.98 Å². The van der Waals surface area contributed by atoms with Crippen LogP contribution >= 0.6 is 23.2 Å². The molecule has 13 heteroatoms. The Labute approximate surface area is 217 Å². The third-order valence-electron chi connectivity index (χ3n) is 5.61. The van der Waals surface area contributed by atoms with Crippen molar-refractivity contribution in [1.82, 2.24) is 19.7 Å². The summed E-state index contributed by atoms with van der Waals surface area (Å²) in [6, 6.07) is 11.1. The zero-order chi connectivity index (χ0) is 26.3. The predicted octanol–water partition coefficient (Wildman–Crippen LogP) is 3.32. The van der Waals surface area contributed by atoms with Gasteiger partial charge in [0.15, 0.2) is 5.75 Å². The van der Waals surface area contributed by atoms with Crippen LogP contribution in [0.2, 0.25) is 10.0 Å². The molecule has 0 unspecified atom stereocenters. The first kappa shape index (κ1) is 24.2. The molecule has 1 amide bonds. The number of hydrogen-bond acceptors (Lipinski definition) is 7. The van der Waals surface area contributed by atoms with Crippen molar-refractivity contribution >= 4 is 40.8 Å². The summed E-state index contributed by atoms with van der Waals surface area (Å²) in [7, 11) is 0. The number of carbonyl (C=O) groups is 2. The fourth-order valence-electron chi connectivity index (χ4n) is 3.90. The Bertz CT molecular complexity index is 1660. The van der Waals surface area contributed by atoms with Crippen LogP contribution in [0.15, 0.2) is 64.4 Å². The van der Waals surface area contributed by atoms with Crippen LogP contribution in [0.25, 0.3) is 5.69 Å². The number of amides is 1. The number of benzene rings is 2. The summed E-state index contributed by atoms with van der Waals surface area (Å²) in [5, 5.41) is 12.7. The van der Waals surface area contributed by atoms with Crippen molar-refractivity contribution < 1.29 is 19.4 Å². The molecule has 5 rings (SSSR count). The van der Waals surface area contributed by atoms with E-state index in [4.69, 9.17) is 33.0 Å². The summed E-state index contributed by atoms with van der Waals surface area (Å²) in [5.41, 5.74) is -0.882. The lowest BCUT2D eigenvalue weighted by Gasteiger charge is -2.28. The number of aromatic carboxylic acids is 1. The van der Waals surface area contributed by atoms with Crippen molar-refractivity contribution in [3.63, 3.8) is 0 Å². The second-order valence-corrected chi connectivity index (χ2v) is 8.71. The van der Waals surface area contributed by atoms with Crippen molar-refractivity contribution in [3.8, 4) is 17.2 Å². The van der Waals surface area contributed by atoms with Crippen molar-refractivity contribution in [2.45, 2.75) is 6.42 Å². The zero-order valence-corrected chi connectivity index (χ0v) is 20.2. The van der Waals surface area contributed by atoms with Gasteiger partial charge in [-0.1, -0.05) is 23.2 Å². The number of carbonyl (C=O) groups excluding carboxylic acids is 1. The van der Waals surface area contributed by atoms with Crippen molar-refractivity contribution in [2.75, 3.05) is 11.4 Å². The molecule has 0 saturated carbocycles. The number of hydrogen-bond donors (Lipinski definition) is 2. The highest BCUT2D eigenvalue weighted by Gasteiger charge is 2.26. The van der Waals surface area contributed by atoms with E-state index in [1.54, 1.807) is 47.6 Å². The van der Waals surface area contributed by atoms with E-state index in [-0.39, 0.29) is 27.4 Å². The lowest BCUT2D eigenvalue weighted by Crippen LogP contribution is -2.37. The van der Waals surface area contributed by atoms with Gasteiger partial charge in [-0.3, -0.25) is 19.6 Å². The van der Waals surface area contributed by atoms with E-state index in [9.17, 15) is 19.2 Å². The van der Waals surface area contributed by atoms with E-state index in [0.29, 0.717) is 29.0 Å². The number of nitrogens with zero attached hydrogens (tertiary/aromatic N) is 4. The number of nitrogens with one attached hydrogen (secondary N) is 1. The van der Waals surface area contributed by atoms with E-state index in [0.717, 1.165) is 11.3 Å². The number of carboxylic acids is 1. The highest BCUT2D eigenvalue weighted by Crippen LogP contribution is 2.39. The second kappa shape index (κ2) is 9.52. The molecule has 0 radical (unpaired) electrons. The van der Waals surface area contributed by atoms with Gasteiger partial charge < -0.3 is 14.7 Å². The fourth-order valence-corrected chi connectivity index (χ4v) is 4.45. The number of anilines is 1. The highest BCUT2D eigenvalue weighted by molar-refractivity contribution is 6.37. The monoisotopic (exact) mass is 539 g/mol. The normalized spacial score (nSPS) is 12.8. The number of carboxylic acid groups (broad SMARTS) is 1. The molecule has 0 bridgehead atoms. The molecular formula is C24H15Cl2N5O6. The highest BCUT2D eigenvalue weighted by atomic mass is 35.5. The average Bonchev–Trinajstić information content (AvgIpc) is 2.86. The standard InChI is InChI=1S/C24H15Cl2N5O6/c25-17-10-14(31-24(36)28-21(32)19(29-31)23(34)35)11-18(26)20(17)37-15-1-2-16-12(9-15)5-8-30(22(16)33)13-3-6-27-7-4-13/h1-4,6-7,9-11H,5,8H2,(H,34,35)(H,28,32,36). The second-order valence-electron chi connectivity index (χ2n) is 7.90. The summed E-state index contributed by atoms with van der Waals surface area (Å²) in [4.78, 5) is 55.6. The van der Waals surface area contributed by atoms with Gasteiger partial charge in [-0.2, -0.15) is 9.78 Å². The minimum Gasteiger partial charge on any atom is -0.476 e. The summed E-state index contributed by atoms with van der Waals surface area (Å²) in [5.74, 6) is -1.29. The van der Waals surface area contributed by atoms with Crippen molar-refractivity contribution in [2.24, 2.45) is 0 Å². The molecule has 2 aromatic heterocycles. The van der Waals surface area contributed by atoms with Crippen LogP contribution in [-0.4, -0.2) is 43.3 Å². The Morgan fingerprint density at radius 3 is 2.38 bits per heavy atom. The molecule has 0 spiro atoms. The van der Waals surface area contributed by atoms with Crippen LogP contribution in [0.3, 0.4) is 0 Å². The molecule has 3 heterocycles. The number of aromatic amines is 1. The first-order valence-corrected chi connectivity index (χ1v) is 11.5. The minimum atomic E-state index is -1.61. The predicted molar refractivity (Wildman–Crippen MR) is 134 cm³/mol. The minimum absolute atomic E-state index is 0.00284. The van der Waals surface area contributed by atoms with Crippen LogP contribution in [0.4, 0.5) is 5.69 Å². The third kappa shape index (κ3) is 4.57. The van der Waals surface area contributed by atoms with E-state index in [2.05, 4.69) is 10.1 Å². The molecule has 0 atom stereocenters. The molecule has 1 aliphatic rings. The molecule has 4 aromatic rings. The topological polar surface area (TPSA) is 147 Å². The van der Waals surface area contributed by atoms with E-state index >= 15 is 0 Å². The third-order valence-corrected chi connectivity index (χ3v) is 6.17. The van der Waals surface area contributed by atoms with Crippen LogP contribution < -0.4 is 20.9 Å². The summed E-state index contributed by atoms with van der Waals surface area (Å²) >= 11 is 12.7. The Morgan fingerprint density at radius 1 is 1.00 bits per heavy atom. The molecule has 0 fully saturated rings. The molecule has 186 valence electrons. The van der Waals surface area contributed by atoms with Gasteiger partial charge in [-0.25, -0.2) is 9.59 Å². The van der Waals surface area contributed by atoms with E-state index < -0.39 is 22.9 Å². The van der Waals surface area contributed by atoms with Crippen LogP contribution in [0.1, 0.15) is 26.4 Å². The van der Waals surface area contributed by atoms with Gasteiger partial charge in [-0.05, 0) is 54.4 Å². The van der Waals surface area contributed by atoms with Gasteiger partial charge in [0.05, 0.1) is 15.7 Å². The molecule has 0 saturated heterocycles. The maximum absolute atomic E-state index is 13.0. The number of H-pyrrole nitrogens is 1. The number of ether oxygens (including phenoxy) is 1. The Kier molecular flexibility index (Phi) is 6.24. The number of pyridine rings is 1. The molecule has 1 aliphatic heterocycles. The first-order chi connectivity index (χ1) is 17.7. The van der Waals surface area contributed by atoms with Crippen LogP contribution in [-0.2, 0) is 6.42 Å². The van der Waals surface area contributed by atoms with E-state index in [1.165, 1.54) is 12.1 Å². The van der Waals surface area contributed by atoms with Gasteiger partial charge in [0, 0.05) is 30.2 Å². The first-order valence-electron chi connectivity index (χ1n) is 10.7. The largest absolute Gasteiger partial charge is 0.476 e. The number of halogens is 2. The van der Waals surface area contributed by atoms with Gasteiger partial charge >= 0.3 is 11.7 Å². The molecular weight excluding hydrogens is 525 g/mol. The average molecular weight is 540 g/mol. The quantitative estimate of drug-likeness (QED) is 0.392. The van der Waals surface area contributed by atoms with Gasteiger partial charge in [0.2, 0.25) is 5.69 Å². The lowest BCUT2D eigenvalue weighted by molar-refractivity contribution is 0.0685. The number of fused-ring (bicyclic) bond motifs is 1. The Morgan fingerprint density at radius 2 is 1.70 bits per heavy atom. The zero-order valence-electron chi connectivity index (χ0n) is 18.6.